The van der Waals surface area contributed by atoms with Crippen LogP contribution in [0.2, 0.25) is 5.02 Å². The number of pyridine rings is 1. The van der Waals surface area contributed by atoms with Crippen molar-refractivity contribution in [2.45, 2.75) is 39.8 Å². The van der Waals surface area contributed by atoms with Crippen molar-refractivity contribution in [2.75, 3.05) is 18.4 Å². The molecule has 1 unspecified atom stereocenters. The Morgan fingerprint density at radius 3 is 2.81 bits per heavy atom. The number of nitrogens with zero attached hydrogens (tertiary/aromatic N) is 2. The lowest BCUT2D eigenvalue weighted by molar-refractivity contribution is -0.123. The van der Waals surface area contributed by atoms with Gasteiger partial charge in [0.05, 0.1) is 11.1 Å². The molecule has 0 radical (unpaired) electrons. The van der Waals surface area contributed by atoms with Gasteiger partial charge in [-0.1, -0.05) is 42.8 Å². The first-order valence-electron chi connectivity index (χ1n) is 10.8. The zero-order valence-electron chi connectivity index (χ0n) is 18.4. The van der Waals surface area contributed by atoms with Gasteiger partial charge in [0.1, 0.15) is 0 Å². The van der Waals surface area contributed by atoms with Crippen LogP contribution in [0.4, 0.5) is 5.69 Å². The molecule has 0 spiro atoms. The minimum atomic E-state index is -0.977. The van der Waals surface area contributed by atoms with Crippen molar-refractivity contribution in [3.8, 4) is 0 Å². The Morgan fingerprint density at radius 2 is 2.03 bits per heavy atom. The van der Waals surface area contributed by atoms with Gasteiger partial charge >= 0.3 is 5.97 Å². The summed E-state index contributed by atoms with van der Waals surface area (Å²) in [7, 11) is 0. The van der Waals surface area contributed by atoms with E-state index in [-0.39, 0.29) is 0 Å². The topological polar surface area (TPSA) is 71.5 Å². The van der Waals surface area contributed by atoms with Crippen molar-refractivity contribution >= 4 is 40.1 Å². The highest BCUT2D eigenvalue weighted by atomic mass is 35.5. The predicted molar refractivity (Wildman–Crippen MR) is 126 cm³/mol. The third-order valence-electron chi connectivity index (χ3n) is 5.89. The fraction of sp³-hybridized carbons (Fsp3) is 0.320. The largest absolute Gasteiger partial charge is 0.449 e. The summed E-state index contributed by atoms with van der Waals surface area (Å²) < 4.78 is 5.65. The van der Waals surface area contributed by atoms with Gasteiger partial charge in [0.2, 0.25) is 0 Å². The van der Waals surface area contributed by atoms with Crippen molar-refractivity contribution < 1.29 is 14.3 Å². The summed E-state index contributed by atoms with van der Waals surface area (Å²) in [6.07, 6.45) is -0.201. The van der Waals surface area contributed by atoms with Crippen LogP contribution >= 0.6 is 11.6 Å². The molecule has 0 saturated carbocycles. The smallest absolute Gasteiger partial charge is 0.339 e. The number of hydrogen-bond acceptors (Lipinski definition) is 5. The number of hydrogen-bond donors (Lipinski definition) is 1. The zero-order valence-corrected chi connectivity index (χ0v) is 19.2. The average molecular weight is 452 g/mol. The van der Waals surface area contributed by atoms with Crippen LogP contribution in [0.3, 0.4) is 0 Å². The SMILES string of the molecule is CCN1CCc2nc3ccccc3c(C(=O)OC(C)C(=O)Nc3cc(Cl)ccc3C)c2C1. The molecule has 166 valence electrons. The molecule has 1 aliphatic rings. The molecular weight excluding hydrogens is 426 g/mol. The maximum absolute atomic E-state index is 13.3. The third-order valence-corrected chi connectivity index (χ3v) is 6.12. The monoisotopic (exact) mass is 451 g/mol. The van der Waals surface area contributed by atoms with Gasteiger partial charge in [0.25, 0.3) is 5.91 Å². The van der Waals surface area contributed by atoms with E-state index in [1.807, 2.05) is 37.3 Å². The van der Waals surface area contributed by atoms with Gasteiger partial charge in [-0.05, 0) is 44.2 Å². The highest BCUT2D eigenvalue weighted by Crippen LogP contribution is 2.29. The van der Waals surface area contributed by atoms with E-state index >= 15 is 0 Å². The number of amides is 1. The Hall–Kier alpha value is -2.96. The lowest BCUT2D eigenvalue weighted by atomic mass is 9.95. The number of ether oxygens (including phenoxy) is 1. The Balaban J connectivity index is 1.62. The fourth-order valence-electron chi connectivity index (χ4n) is 3.99. The molecule has 2 heterocycles. The molecule has 6 nitrogen and oxygen atoms in total. The summed E-state index contributed by atoms with van der Waals surface area (Å²) in [6.45, 7) is 7.97. The Bertz CT molecular complexity index is 1190. The molecule has 3 aromatic rings. The second kappa shape index (κ2) is 9.27. The molecule has 0 fully saturated rings. The van der Waals surface area contributed by atoms with Crippen LogP contribution in [0, 0.1) is 6.92 Å². The van der Waals surface area contributed by atoms with Gasteiger partial charge in [-0.3, -0.25) is 14.7 Å². The van der Waals surface area contributed by atoms with Crippen LogP contribution in [-0.2, 0) is 22.5 Å². The molecule has 32 heavy (non-hydrogen) atoms. The molecule has 1 aliphatic heterocycles. The zero-order chi connectivity index (χ0) is 22.8. The summed E-state index contributed by atoms with van der Waals surface area (Å²) in [5, 5.41) is 4.06. The number of rotatable bonds is 5. The number of likely N-dealkylation sites (N-methyl/N-ethyl adjacent to an activating group) is 1. The Kier molecular flexibility index (Phi) is 6.44. The van der Waals surface area contributed by atoms with E-state index < -0.39 is 18.0 Å². The highest BCUT2D eigenvalue weighted by Gasteiger charge is 2.28. The number of aromatic nitrogens is 1. The molecule has 4 rings (SSSR count). The number of halogens is 1. The summed E-state index contributed by atoms with van der Waals surface area (Å²) in [4.78, 5) is 33.1. The molecular formula is C25H26ClN3O3. The van der Waals surface area contributed by atoms with E-state index in [0.717, 1.165) is 47.2 Å². The number of benzene rings is 2. The van der Waals surface area contributed by atoms with Crippen LogP contribution in [0.1, 0.15) is 41.0 Å². The van der Waals surface area contributed by atoms with Crippen LogP contribution in [0.25, 0.3) is 10.9 Å². The molecule has 2 aromatic carbocycles. The molecule has 0 saturated heterocycles. The molecule has 1 N–H and O–H groups in total. The van der Waals surface area contributed by atoms with E-state index in [9.17, 15) is 9.59 Å². The second-order valence-electron chi connectivity index (χ2n) is 8.04. The first-order chi connectivity index (χ1) is 15.4. The normalized spacial score (nSPS) is 14.6. The fourth-order valence-corrected chi connectivity index (χ4v) is 4.16. The van der Waals surface area contributed by atoms with Crippen molar-refractivity contribution in [2.24, 2.45) is 0 Å². The predicted octanol–water partition coefficient (Wildman–Crippen LogP) is 4.76. The second-order valence-corrected chi connectivity index (χ2v) is 8.48. The number of anilines is 1. The quantitative estimate of drug-likeness (QED) is 0.566. The van der Waals surface area contributed by atoms with Gasteiger partial charge in [-0.15, -0.1) is 0 Å². The van der Waals surface area contributed by atoms with Crippen molar-refractivity contribution in [3.63, 3.8) is 0 Å². The van der Waals surface area contributed by atoms with Gasteiger partial charge < -0.3 is 10.1 Å². The van der Waals surface area contributed by atoms with E-state index in [1.54, 1.807) is 19.1 Å². The van der Waals surface area contributed by atoms with Crippen LogP contribution in [0.15, 0.2) is 42.5 Å². The lowest BCUT2D eigenvalue weighted by Gasteiger charge is -2.29. The number of aryl methyl sites for hydroxylation is 1. The third kappa shape index (κ3) is 4.47. The molecule has 1 atom stereocenters. The summed E-state index contributed by atoms with van der Waals surface area (Å²) in [5.74, 6) is -0.922. The van der Waals surface area contributed by atoms with Crippen molar-refractivity contribution in [1.82, 2.24) is 9.88 Å². The molecule has 0 bridgehead atoms. The minimum Gasteiger partial charge on any atom is -0.449 e. The molecule has 1 amide bonds. The summed E-state index contributed by atoms with van der Waals surface area (Å²) in [5.41, 5.74) is 4.54. The van der Waals surface area contributed by atoms with Crippen molar-refractivity contribution in [1.29, 1.82) is 0 Å². The van der Waals surface area contributed by atoms with Gasteiger partial charge in [0.15, 0.2) is 6.10 Å². The van der Waals surface area contributed by atoms with E-state index in [4.69, 9.17) is 21.3 Å². The summed E-state index contributed by atoms with van der Waals surface area (Å²) in [6, 6.07) is 12.8. The van der Waals surface area contributed by atoms with Crippen molar-refractivity contribution in [3.05, 3.63) is 69.9 Å². The van der Waals surface area contributed by atoms with E-state index in [1.165, 1.54) is 0 Å². The summed E-state index contributed by atoms with van der Waals surface area (Å²) >= 11 is 6.04. The molecule has 1 aromatic heterocycles. The van der Waals surface area contributed by atoms with Gasteiger partial charge in [0, 0.05) is 46.9 Å². The number of esters is 1. The highest BCUT2D eigenvalue weighted by molar-refractivity contribution is 6.31. The lowest BCUT2D eigenvalue weighted by Crippen LogP contribution is -2.34. The molecule has 7 heteroatoms. The Labute approximate surface area is 192 Å². The number of para-hydroxylation sites is 1. The first kappa shape index (κ1) is 22.2. The number of carbonyl (C=O) groups is 2. The number of carbonyl (C=O) groups excluding carboxylic acids is 2. The van der Waals surface area contributed by atoms with Crippen LogP contribution in [0.5, 0.6) is 0 Å². The average Bonchev–Trinajstić information content (AvgIpc) is 2.79. The standard InChI is InChI=1S/C25H26ClN3O3/c1-4-29-12-11-21-19(14-29)23(18-7-5-6-8-20(18)27-21)25(31)32-16(3)24(30)28-22-13-17(26)10-9-15(22)2/h5-10,13,16H,4,11-12,14H2,1-3H3,(H,28,30). The van der Waals surface area contributed by atoms with E-state index in [0.29, 0.717) is 22.8 Å². The molecule has 0 aliphatic carbocycles. The first-order valence-corrected chi connectivity index (χ1v) is 11.2. The number of nitrogens with one attached hydrogen (secondary N) is 1. The van der Waals surface area contributed by atoms with E-state index in [2.05, 4.69) is 17.1 Å². The minimum absolute atomic E-state index is 0.411. The van der Waals surface area contributed by atoms with Gasteiger partial charge in [-0.25, -0.2) is 4.79 Å². The number of fused-ring (bicyclic) bond motifs is 2. The Morgan fingerprint density at radius 1 is 1.25 bits per heavy atom. The maximum Gasteiger partial charge on any atom is 0.339 e. The maximum atomic E-state index is 13.3. The van der Waals surface area contributed by atoms with Crippen LogP contribution in [-0.4, -0.2) is 41.0 Å². The van der Waals surface area contributed by atoms with Gasteiger partial charge in [-0.2, -0.15) is 0 Å². The van der Waals surface area contributed by atoms with Crippen LogP contribution < -0.4 is 5.32 Å².